The second-order valence-corrected chi connectivity index (χ2v) is 9.03. The number of amides is 1. The van der Waals surface area contributed by atoms with Crippen molar-refractivity contribution >= 4 is 34.2 Å². The van der Waals surface area contributed by atoms with Gasteiger partial charge in [0.1, 0.15) is 0 Å². The smallest absolute Gasteiger partial charge is 0.270 e. The number of anilines is 2. The third kappa shape index (κ3) is 5.10. The third-order valence-electron chi connectivity index (χ3n) is 6.66. The van der Waals surface area contributed by atoms with Gasteiger partial charge in [-0.3, -0.25) is 14.9 Å². The predicted octanol–water partition coefficient (Wildman–Crippen LogP) is 5.56. The highest BCUT2D eigenvalue weighted by Gasteiger charge is 2.30. The molecule has 0 bridgehead atoms. The molecule has 0 aliphatic carbocycles. The Morgan fingerprint density at radius 2 is 1.71 bits per heavy atom. The van der Waals surface area contributed by atoms with E-state index in [1.165, 1.54) is 50.0 Å². The molecule has 178 valence electrons. The van der Waals surface area contributed by atoms with Gasteiger partial charge in [-0.15, -0.1) is 0 Å². The van der Waals surface area contributed by atoms with Gasteiger partial charge in [-0.25, -0.2) is 0 Å². The van der Waals surface area contributed by atoms with E-state index in [0.29, 0.717) is 22.5 Å². The first-order valence-corrected chi connectivity index (χ1v) is 12.1. The normalized spacial score (nSPS) is 17.0. The molecule has 35 heavy (non-hydrogen) atoms. The molecule has 0 saturated carbocycles. The summed E-state index contributed by atoms with van der Waals surface area (Å²) in [5.41, 5.74) is 4.99. The zero-order valence-electron chi connectivity index (χ0n) is 19.5. The van der Waals surface area contributed by atoms with Crippen molar-refractivity contribution < 1.29 is 9.72 Å². The van der Waals surface area contributed by atoms with Gasteiger partial charge in [0.2, 0.25) is 0 Å². The van der Waals surface area contributed by atoms with Crippen LogP contribution < -0.4 is 10.6 Å². The molecule has 2 aliphatic rings. The molecular formula is C28H28N4O3. The Hall–Kier alpha value is -3.97. The molecule has 3 aromatic carbocycles. The number of nitro groups is 1. The zero-order chi connectivity index (χ0) is 24.2. The Morgan fingerprint density at radius 1 is 0.971 bits per heavy atom. The second-order valence-electron chi connectivity index (χ2n) is 9.03. The molecule has 1 amide bonds. The highest BCUT2D eigenvalue weighted by atomic mass is 16.6. The fourth-order valence-electron chi connectivity index (χ4n) is 4.77. The molecule has 5 rings (SSSR count). The number of piperidine rings is 1. The monoisotopic (exact) mass is 468 g/mol. The van der Waals surface area contributed by atoms with Crippen molar-refractivity contribution in [2.24, 2.45) is 0 Å². The van der Waals surface area contributed by atoms with Gasteiger partial charge in [-0.05, 0) is 61.7 Å². The highest BCUT2D eigenvalue weighted by Crippen LogP contribution is 2.39. The number of carbonyl (C=O) groups is 1. The van der Waals surface area contributed by atoms with Gasteiger partial charge >= 0.3 is 0 Å². The lowest BCUT2D eigenvalue weighted by molar-refractivity contribution is -0.384. The number of carbonyl (C=O) groups excluding carboxylic acids is 1. The number of non-ortho nitro benzene ring substituents is 1. The number of rotatable bonds is 7. The number of hydrogen-bond donors (Lipinski definition) is 2. The van der Waals surface area contributed by atoms with Gasteiger partial charge in [-0.1, -0.05) is 48.9 Å². The summed E-state index contributed by atoms with van der Waals surface area (Å²) < 4.78 is 0. The maximum atomic E-state index is 13.0. The van der Waals surface area contributed by atoms with Crippen LogP contribution in [0.1, 0.15) is 36.0 Å². The number of nitrogens with zero attached hydrogens (tertiary/aromatic N) is 2. The molecule has 2 N–H and O–H groups in total. The van der Waals surface area contributed by atoms with Gasteiger partial charge in [0.15, 0.2) is 0 Å². The number of hydrogen-bond acceptors (Lipinski definition) is 5. The van der Waals surface area contributed by atoms with E-state index in [9.17, 15) is 14.9 Å². The predicted molar refractivity (Wildman–Crippen MR) is 139 cm³/mol. The molecule has 3 aromatic rings. The molecular weight excluding hydrogens is 440 g/mol. The molecule has 1 saturated heterocycles. The summed E-state index contributed by atoms with van der Waals surface area (Å²) in [6.45, 7) is 3.45. The van der Waals surface area contributed by atoms with Crippen molar-refractivity contribution in [2.75, 3.05) is 30.3 Å². The Kier molecular flexibility index (Phi) is 6.59. The Balaban J connectivity index is 1.45. The van der Waals surface area contributed by atoms with Crippen LogP contribution in [0.25, 0.3) is 11.3 Å². The fourth-order valence-corrected chi connectivity index (χ4v) is 4.77. The third-order valence-corrected chi connectivity index (χ3v) is 6.66. The summed E-state index contributed by atoms with van der Waals surface area (Å²) in [5.74, 6) is -0.287. The summed E-state index contributed by atoms with van der Waals surface area (Å²) in [6.07, 6.45) is 4.93. The van der Waals surface area contributed by atoms with Crippen molar-refractivity contribution in [3.05, 3.63) is 99.6 Å². The van der Waals surface area contributed by atoms with E-state index in [0.717, 1.165) is 24.2 Å². The minimum atomic E-state index is -0.446. The Bertz CT molecular complexity index is 1260. The van der Waals surface area contributed by atoms with E-state index < -0.39 is 4.92 Å². The summed E-state index contributed by atoms with van der Waals surface area (Å²) in [7, 11) is 0. The molecule has 0 spiro atoms. The van der Waals surface area contributed by atoms with Gasteiger partial charge in [0, 0.05) is 35.6 Å². The highest BCUT2D eigenvalue weighted by molar-refractivity contribution is 6.37. The minimum absolute atomic E-state index is 0.0526. The van der Waals surface area contributed by atoms with E-state index in [2.05, 4.69) is 27.7 Å². The molecule has 0 aromatic heterocycles. The summed E-state index contributed by atoms with van der Waals surface area (Å²) >= 11 is 0. The standard InChI is InChI=1S/C28H28N4O3/c33-28-26(24-19-23(32(34)35)13-14-25(24)30-28)27(21-7-3-1-4-8-21)29-22-11-9-20(10-12-22)15-18-31-16-5-2-6-17-31/h1,3-4,7-14,19,29H,2,5-6,15-18H2,(H,30,33)/b27-26-. The lowest BCUT2D eigenvalue weighted by Crippen LogP contribution is -2.31. The first-order chi connectivity index (χ1) is 17.1. The Labute approximate surface area is 204 Å². The second kappa shape index (κ2) is 10.1. The maximum absolute atomic E-state index is 13.0. The van der Waals surface area contributed by atoms with Crippen LogP contribution in [-0.2, 0) is 11.2 Å². The minimum Gasteiger partial charge on any atom is -0.354 e. The van der Waals surface area contributed by atoms with E-state index in [-0.39, 0.29) is 11.6 Å². The number of benzene rings is 3. The average molecular weight is 469 g/mol. The first-order valence-electron chi connectivity index (χ1n) is 12.1. The molecule has 1 fully saturated rings. The molecule has 7 heteroatoms. The Morgan fingerprint density at radius 3 is 2.43 bits per heavy atom. The van der Waals surface area contributed by atoms with Gasteiger partial charge in [0.25, 0.3) is 11.6 Å². The molecule has 0 unspecified atom stereocenters. The van der Waals surface area contributed by atoms with Crippen molar-refractivity contribution in [2.45, 2.75) is 25.7 Å². The van der Waals surface area contributed by atoms with Crippen LogP contribution in [0.2, 0.25) is 0 Å². The summed E-state index contributed by atoms with van der Waals surface area (Å²) in [6, 6.07) is 22.3. The average Bonchev–Trinajstić information content (AvgIpc) is 3.22. The van der Waals surface area contributed by atoms with Gasteiger partial charge in [0.05, 0.1) is 16.2 Å². The number of nitro benzene ring substituents is 1. The zero-order valence-corrected chi connectivity index (χ0v) is 19.5. The van der Waals surface area contributed by atoms with Gasteiger partial charge in [-0.2, -0.15) is 0 Å². The topological polar surface area (TPSA) is 87.5 Å². The number of likely N-dealkylation sites (tertiary alicyclic amines) is 1. The maximum Gasteiger partial charge on any atom is 0.270 e. The van der Waals surface area contributed by atoms with Crippen LogP contribution in [-0.4, -0.2) is 35.4 Å². The van der Waals surface area contributed by atoms with Crippen LogP contribution in [0.3, 0.4) is 0 Å². The van der Waals surface area contributed by atoms with Crippen molar-refractivity contribution in [1.29, 1.82) is 0 Å². The lowest BCUT2D eigenvalue weighted by atomic mass is 9.99. The first kappa shape index (κ1) is 22.8. The molecule has 2 heterocycles. The molecule has 7 nitrogen and oxygen atoms in total. The van der Waals surface area contributed by atoms with E-state index in [1.807, 2.05) is 42.5 Å². The number of fused-ring (bicyclic) bond motifs is 1. The quantitative estimate of drug-likeness (QED) is 0.269. The largest absolute Gasteiger partial charge is 0.354 e. The number of nitrogens with one attached hydrogen (secondary N) is 2. The van der Waals surface area contributed by atoms with E-state index >= 15 is 0 Å². The molecule has 0 atom stereocenters. The van der Waals surface area contributed by atoms with Crippen LogP contribution in [0.5, 0.6) is 0 Å². The SMILES string of the molecule is O=C1Nc2ccc([N+](=O)[O-])cc2/C1=C(/Nc1ccc(CCN2CCCCC2)cc1)c1ccccc1. The van der Waals surface area contributed by atoms with Gasteiger partial charge < -0.3 is 15.5 Å². The van der Waals surface area contributed by atoms with E-state index in [4.69, 9.17) is 0 Å². The lowest BCUT2D eigenvalue weighted by Gasteiger charge is -2.26. The van der Waals surface area contributed by atoms with Crippen LogP contribution in [0, 0.1) is 10.1 Å². The summed E-state index contributed by atoms with van der Waals surface area (Å²) in [5, 5.41) is 17.6. The van der Waals surface area contributed by atoms with Crippen LogP contribution >= 0.6 is 0 Å². The van der Waals surface area contributed by atoms with Crippen LogP contribution in [0.4, 0.5) is 17.1 Å². The van der Waals surface area contributed by atoms with Crippen molar-refractivity contribution in [3.63, 3.8) is 0 Å². The van der Waals surface area contributed by atoms with Crippen LogP contribution in [0.15, 0.2) is 72.8 Å². The fraction of sp³-hybridized carbons (Fsp3) is 0.250. The van der Waals surface area contributed by atoms with Crippen molar-refractivity contribution in [3.8, 4) is 0 Å². The summed E-state index contributed by atoms with van der Waals surface area (Å²) in [4.78, 5) is 26.5. The molecule has 2 aliphatic heterocycles. The van der Waals surface area contributed by atoms with Crippen molar-refractivity contribution in [1.82, 2.24) is 4.90 Å². The van der Waals surface area contributed by atoms with E-state index in [1.54, 1.807) is 6.07 Å². The molecule has 0 radical (unpaired) electrons.